The zero-order valence-corrected chi connectivity index (χ0v) is 12.5. The number of nitriles is 1. The first kappa shape index (κ1) is 14.4. The highest BCUT2D eigenvalue weighted by Crippen LogP contribution is 2.32. The molecule has 0 aliphatic carbocycles. The van der Waals surface area contributed by atoms with Crippen LogP contribution in [-0.4, -0.2) is 0 Å². The number of rotatable bonds is 2. The van der Waals surface area contributed by atoms with Gasteiger partial charge in [-0.1, -0.05) is 50.6 Å². The SMILES string of the molecule is CC(C)(C)c1ccc(Oc2cccc(C#N)c2Cl)cc1. The van der Waals surface area contributed by atoms with E-state index < -0.39 is 0 Å². The molecule has 2 nitrogen and oxygen atoms in total. The average molecular weight is 286 g/mol. The standard InChI is InChI=1S/C17H16ClNO/c1-17(2,3)13-7-9-14(10-8-13)20-15-6-4-5-12(11-19)16(15)18/h4-10H,1-3H3. The van der Waals surface area contributed by atoms with Crippen LogP contribution >= 0.6 is 11.6 Å². The fourth-order valence-corrected chi connectivity index (χ4v) is 2.03. The Kier molecular flexibility index (Phi) is 4.01. The second-order valence-electron chi connectivity index (χ2n) is 5.61. The van der Waals surface area contributed by atoms with Gasteiger partial charge in [-0.3, -0.25) is 0 Å². The smallest absolute Gasteiger partial charge is 0.147 e. The quantitative estimate of drug-likeness (QED) is 0.750. The normalized spacial score (nSPS) is 10.9. The van der Waals surface area contributed by atoms with Crippen molar-refractivity contribution < 1.29 is 4.74 Å². The Hall–Kier alpha value is -1.98. The van der Waals surface area contributed by atoms with Gasteiger partial charge >= 0.3 is 0 Å². The molecule has 0 atom stereocenters. The maximum atomic E-state index is 8.94. The molecule has 3 heteroatoms. The van der Waals surface area contributed by atoms with E-state index in [1.165, 1.54) is 5.56 Å². The fourth-order valence-electron chi connectivity index (χ4n) is 1.83. The second-order valence-corrected chi connectivity index (χ2v) is 5.98. The number of halogens is 1. The number of benzene rings is 2. The molecule has 0 saturated heterocycles. The summed E-state index contributed by atoms with van der Waals surface area (Å²) in [6.45, 7) is 6.49. The third-order valence-corrected chi connectivity index (χ3v) is 3.42. The van der Waals surface area contributed by atoms with E-state index in [2.05, 4.69) is 20.8 Å². The molecule has 20 heavy (non-hydrogen) atoms. The van der Waals surface area contributed by atoms with Crippen LogP contribution in [0.3, 0.4) is 0 Å². The molecule has 102 valence electrons. The summed E-state index contributed by atoms with van der Waals surface area (Å²) in [5.41, 5.74) is 1.76. The number of ether oxygens (including phenoxy) is 1. The lowest BCUT2D eigenvalue weighted by molar-refractivity contribution is 0.481. The van der Waals surface area contributed by atoms with Gasteiger partial charge in [-0.05, 0) is 35.2 Å². The lowest BCUT2D eigenvalue weighted by Gasteiger charge is -2.19. The largest absolute Gasteiger partial charge is 0.456 e. The summed E-state index contributed by atoms with van der Waals surface area (Å²) >= 11 is 6.12. The molecule has 0 aromatic heterocycles. The first-order valence-corrected chi connectivity index (χ1v) is 6.76. The topological polar surface area (TPSA) is 33.0 Å². The van der Waals surface area contributed by atoms with E-state index in [9.17, 15) is 0 Å². The van der Waals surface area contributed by atoms with Gasteiger partial charge in [0.1, 0.15) is 22.6 Å². The summed E-state index contributed by atoms with van der Waals surface area (Å²) in [4.78, 5) is 0. The third-order valence-electron chi connectivity index (χ3n) is 3.03. The van der Waals surface area contributed by atoms with Gasteiger partial charge in [0.05, 0.1) is 5.56 Å². The Labute approximate surface area is 124 Å². The molecule has 0 aliphatic rings. The molecule has 2 aromatic carbocycles. The molecule has 0 unspecified atom stereocenters. The molecular weight excluding hydrogens is 270 g/mol. The van der Waals surface area contributed by atoms with Gasteiger partial charge in [0.2, 0.25) is 0 Å². The van der Waals surface area contributed by atoms with Gasteiger partial charge in [0.25, 0.3) is 0 Å². The van der Waals surface area contributed by atoms with Crippen molar-refractivity contribution in [1.82, 2.24) is 0 Å². The Morgan fingerprint density at radius 1 is 1.05 bits per heavy atom. The van der Waals surface area contributed by atoms with Crippen molar-refractivity contribution in [2.45, 2.75) is 26.2 Å². The highest BCUT2D eigenvalue weighted by molar-refractivity contribution is 6.33. The summed E-state index contributed by atoms with van der Waals surface area (Å²) in [5, 5.41) is 9.29. The Morgan fingerprint density at radius 3 is 2.25 bits per heavy atom. The van der Waals surface area contributed by atoms with Crippen LogP contribution in [0.2, 0.25) is 5.02 Å². The first-order chi connectivity index (χ1) is 9.41. The van der Waals surface area contributed by atoms with Crippen LogP contribution in [-0.2, 0) is 5.41 Å². The molecule has 0 bridgehead atoms. The Bertz CT molecular complexity index is 648. The van der Waals surface area contributed by atoms with Gasteiger partial charge in [0.15, 0.2) is 0 Å². The van der Waals surface area contributed by atoms with Gasteiger partial charge in [-0.15, -0.1) is 0 Å². The Morgan fingerprint density at radius 2 is 1.70 bits per heavy atom. The van der Waals surface area contributed by atoms with Crippen LogP contribution in [0.1, 0.15) is 31.9 Å². The van der Waals surface area contributed by atoms with Gasteiger partial charge in [-0.25, -0.2) is 0 Å². The predicted molar refractivity (Wildman–Crippen MR) is 81.4 cm³/mol. The molecule has 0 fully saturated rings. The van der Waals surface area contributed by atoms with E-state index in [0.717, 1.165) is 0 Å². The summed E-state index contributed by atoms with van der Waals surface area (Å²) in [7, 11) is 0. The molecule has 2 rings (SSSR count). The van der Waals surface area contributed by atoms with E-state index in [-0.39, 0.29) is 5.41 Å². The highest BCUT2D eigenvalue weighted by Gasteiger charge is 2.13. The minimum atomic E-state index is 0.108. The summed E-state index contributed by atoms with van der Waals surface area (Å²) in [5.74, 6) is 1.20. The monoisotopic (exact) mass is 285 g/mol. The molecule has 0 heterocycles. The van der Waals surface area contributed by atoms with Gasteiger partial charge < -0.3 is 4.74 Å². The zero-order chi connectivity index (χ0) is 14.8. The minimum absolute atomic E-state index is 0.108. The van der Waals surface area contributed by atoms with Crippen molar-refractivity contribution in [3.63, 3.8) is 0 Å². The second kappa shape index (κ2) is 5.56. The summed E-state index contributed by atoms with van der Waals surface area (Å²) in [6.07, 6.45) is 0. The van der Waals surface area contributed by atoms with Crippen LogP contribution in [0.4, 0.5) is 0 Å². The molecule has 0 saturated carbocycles. The molecule has 0 spiro atoms. The van der Waals surface area contributed by atoms with E-state index >= 15 is 0 Å². The van der Waals surface area contributed by atoms with Crippen molar-refractivity contribution in [3.8, 4) is 17.6 Å². The van der Waals surface area contributed by atoms with Crippen LogP contribution in [0.5, 0.6) is 11.5 Å². The van der Waals surface area contributed by atoms with Crippen molar-refractivity contribution >= 4 is 11.6 Å². The molecule has 0 radical (unpaired) electrons. The van der Waals surface area contributed by atoms with Crippen LogP contribution in [0.15, 0.2) is 42.5 Å². The Balaban J connectivity index is 2.26. The zero-order valence-electron chi connectivity index (χ0n) is 11.8. The number of hydrogen-bond donors (Lipinski definition) is 0. The van der Waals surface area contributed by atoms with E-state index in [4.69, 9.17) is 21.6 Å². The lowest BCUT2D eigenvalue weighted by Crippen LogP contribution is -2.10. The highest BCUT2D eigenvalue weighted by atomic mass is 35.5. The average Bonchev–Trinajstić information content (AvgIpc) is 2.41. The first-order valence-electron chi connectivity index (χ1n) is 6.39. The van der Waals surface area contributed by atoms with Crippen molar-refractivity contribution in [2.24, 2.45) is 0 Å². The van der Waals surface area contributed by atoms with Crippen LogP contribution in [0.25, 0.3) is 0 Å². The molecule has 2 aromatic rings. The summed E-state index contributed by atoms with van der Waals surface area (Å²) < 4.78 is 5.74. The van der Waals surface area contributed by atoms with Crippen LogP contribution < -0.4 is 4.74 Å². The van der Waals surface area contributed by atoms with Gasteiger partial charge in [-0.2, -0.15) is 5.26 Å². The van der Waals surface area contributed by atoms with E-state index in [0.29, 0.717) is 22.1 Å². The summed E-state index contributed by atoms with van der Waals surface area (Å²) in [6, 6.07) is 15.1. The van der Waals surface area contributed by atoms with Crippen molar-refractivity contribution in [3.05, 3.63) is 58.6 Å². The van der Waals surface area contributed by atoms with Crippen LogP contribution in [0, 0.1) is 11.3 Å². The molecule has 0 amide bonds. The number of hydrogen-bond acceptors (Lipinski definition) is 2. The van der Waals surface area contributed by atoms with Gasteiger partial charge in [0, 0.05) is 0 Å². The third kappa shape index (κ3) is 3.12. The molecule has 0 aliphatic heterocycles. The van der Waals surface area contributed by atoms with E-state index in [1.54, 1.807) is 18.2 Å². The minimum Gasteiger partial charge on any atom is -0.456 e. The molecular formula is C17H16ClNO. The van der Waals surface area contributed by atoms with Crippen molar-refractivity contribution in [2.75, 3.05) is 0 Å². The maximum Gasteiger partial charge on any atom is 0.147 e. The van der Waals surface area contributed by atoms with E-state index in [1.807, 2.05) is 30.3 Å². The maximum absolute atomic E-state index is 8.94. The van der Waals surface area contributed by atoms with Crippen molar-refractivity contribution in [1.29, 1.82) is 5.26 Å². The lowest BCUT2D eigenvalue weighted by atomic mass is 9.87. The number of nitrogens with zero attached hydrogens (tertiary/aromatic N) is 1. The predicted octanol–water partition coefficient (Wildman–Crippen LogP) is 5.30. The molecule has 0 N–H and O–H groups in total. The fraction of sp³-hybridized carbons (Fsp3) is 0.235.